The van der Waals surface area contributed by atoms with E-state index in [9.17, 15) is 4.79 Å². The molecule has 1 aliphatic carbocycles. The van der Waals surface area contributed by atoms with E-state index >= 15 is 0 Å². The quantitative estimate of drug-likeness (QED) is 0.648. The van der Waals surface area contributed by atoms with Gasteiger partial charge in [0.05, 0.1) is 7.11 Å². The monoisotopic (exact) mass is 351 g/mol. The molecule has 0 saturated heterocycles. The summed E-state index contributed by atoms with van der Waals surface area (Å²) in [6.07, 6.45) is 10.6. The average molecular weight is 352 g/mol. The number of carbonyl (C=O) groups excluding carboxylic acids is 1. The van der Waals surface area contributed by atoms with E-state index in [2.05, 4.69) is 21.2 Å². The van der Waals surface area contributed by atoms with Crippen LogP contribution < -0.4 is 10.1 Å². The van der Waals surface area contributed by atoms with Crippen LogP contribution in [0.1, 0.15) is 44.1 Å². The first kappa shape index (κ1) is 16.1. The molecule has 0 aromatic heterocycles. The van der Waals surface area contributed by atoms with Crippen LogP contribution in [-0.4, -0.2) is 19.1 Å². The predicted octanol–water partition coefficient (Wildman–Crippen LogP) is 4.31. The molecule has 4 heteroatoms. The van der Waals surface area contributed by atoms with Crippen molar-refractivity contribution in [3.05, 3.63) is 34.3 Å². The van der Waals surface area contributed by atoms with Crippen molar-refractivity contribution in [2.75, 3.05) is 7.11 Å². The molecule has 1 N–H and O–H groups in total. The maximum absolute atomic E-state index is 12.0. The predicted molar refractivity (Wildman–Crippen MR) is 89.4 cm³/mol. The fourth-order valence-electron chi connectivity index (χ4n) is 2.67. The highest BCUT2D eigenvalue weighted by atomic mass is 79.9. The van der Waals surface area contributed by atoms with E-state index in [0.717, 1.165) is 28.6 Å². The van der Waals surface area contributed by atoms with Crippen molar-refractivity contribution in [3.63, 3.8) is 0 Å². The minimum atomic E-state index is -0.0241. The Labute approximate surface area is 134 Å². The van der Waals surface area contributed by atoms with Gasteiger partial charge in [-0.3, -0.25) is 4.79 Å². The van der Waals surface area contributed by atoms with Crippen LogP contribution in [0.15, 0.2) is 28.7 Å². The zero-order valence-electron chi connectivity index (χ0n) is 12.4. The van der Waals surface area contributed by atoms with Gasteiger partial charge in [-0.05, 0) is 37.1 Å². The van der Waals surface area contributed by atoms with Crippen LogP contribution in [0.5, 0.6) is 5.75 Å². The van der Waals surface area contributed by atoms with Crippen molar-refractivity contribution in [3.8, 4) is 5.75 Å². The third kappa shape index (κ3) is 5.20. The molecule has 0 heterocycles. The number of halogens is 1. The van der Waals surface area contributed by atoms with Gasteiger partial charge in [0.15, 0.2) is 0 Å². The number of amides is 1. The second-order valence-corrected chi connectivity index (χ2v) is 6.33. The molecule has 1 amide bonds. The Bertz CT molecular complexity index is 506. The van der Waals surface area contributed by atoms with Crippen LogP contribution in [-0.2, 0) is 4.79 Å². The number of ether oxygens (including phenoxy) is 1. The summed E-state index contributed by atoms with van der Waals surface area (Å²) >= 11 is 3.43. The van der Waals surface area contributed by atoms with Gasteiger partial charge in [0, 0.05) is 22.2 Å². The highest BCUT2D eigenvalue weighted by molar-refractivity contribution is 9.10. The first-order valence-electron chi connectivity index (χ1n) is 7.51. The molecular formula is C17H22BrNO2. The number of carbonyl (C=O) groups is 1. The van der Waals surface area contributed by atoms with Crippen molar-refractivity contribution < 1.29 is 9.53 Å². The molecule has 0 atom stereocenters. The van der Waals surface area contributed by atoms with Crippen molar-refractivity contribution >= 4 is 27.9 Å². The summed E-state index contributed by atoms with van der Waals surface area (Å²) in [7, 11) is 1.63. The van der Waals surface area contributed by atoms with Crippen molar-refractivity contribution in [2.45, 2.75) is 44.6 Å². The summed E-state index contributed by atoms with van der Waals surface area (Å²) < 4.78 is 6.26. The average Bonchev–Trinajstić information content (AvgIpc) is 2.74. The van der Waals surface area contributed by atoms with E-state index in [1.807, 2.05) is 18.2 Å². The van der Waals surface area contributed by atoms with Crippen LogP contribution in [0.25, 0.3) is 6.08 Å². The lowest BCUT2D eigenvalue weighted by molar-refractivity contribution is -0.117. The summed E-state index contributed by atoms with van der Waals surface area (Å²) in [5.74, 6) is 0.737. The Morgan fingerprint density at radius 1 is 1.29 bits per heavy atom. The molecule has 0 bridgehead atoms. The largest absolute Gasteiger partial charge is 0.496 e. The summed E-state index contributed by atoms with van der Waals surface area (Å²) in [6.45, 7) is 0. The summed E-state index contributed by atoms with van der Waals surface area (Å²) in [6, 6.07) is 6.07. The highest BCUT2D eigenvalue weighted by Gasteiger charge is 2.13. The summed E-state index contributed by atoms with van der Waals surface area (Å²) in [4.78, 5) is 12.0. The third-order valence-corrected chi connectivity index (χ3v) is 4.30. The zero-order chi connectivity index (χ0) is 15.1. The fourth-order valence-corrected chi connectivity index (χ4v) is 3.05. The lowest BCUT2D eigenvalue weighted by Crippen LogP contribution is -2.33. The van der Waals surface area contributed by atoms with Gasteiger partial charge in [-0.25, -0.2) is 0 Å². The normalized spacial score (nSPS) is 16.7. The van der Waals surface area contributed by atoms with Gasteiger partial charge < -0.3 is 10.1 Å². The van der Waals surface area contributed by atoms with Gasteiger partial charge in [0.1, 0.15) is 5.75 Å². The van der Waals surface area contributed by atoms with E-state index in [1.165, 1.54) is 25.7 Å². The number of nitrogens with one attached hydrogen (secondary N) is 1. The van der Waals surface area contributed by atoms with Crippen LogP contribution in [0.3, 0.4) is 0 Å². The lowest BCUT2D eigenvalue weighted by Gasteiger charge is -2.14. The standard InChI is InChI=1S/C17H22BrNO2/c1-21-16-10-9-14(18)12-13(16)8-11-17(20)19-15-6-4-2-3-5-7-15/h8-12,15H,2-7H2,1H3,(H,19,20)/b11-8+. The van der Waals surface area contributed by atoms with Crippen molar-refractivity contribution in [1.82, 2.24) is 5.32 Å². The SMILES string of the molecule is COc1ccc(Br)cc1/C=C/C(=O)NC1CCCCCC1. The molecule has 1 aliphatic rings. The molecule has 0 spiro atoms. The number of hydrogen-bond acceptors (Lipinski definition) is 2. The molecule has 114 valence electrons. The van der Waals surface area contributed by atoms with E-state index in [1.54, 1.807) is 19.3 Å². The van der Waals surface area contributed by atoms with E-state index < -0.39 is 0 Å². The van der Waals surface area contributed by atoms with E-state index in [-0.39, 0.29) is 5.91 Å². The first-order chi connectivity index (χ1) is 10.2. The smallest absolute Gasteiger partial charge is 0.244 e. The third-order valence-electron chi connectivity index (χ3n) is 3.81. The van der Waals surface area contributed by atoms with Gasteiger partial charge in [-0.1, -0.05) is 41.6 Å². The number of methoxy groups -OCH3 is 1. The minimum absolute atomic E-state index is 0.0241. The Morgan fingerprint density at radius 3 is 2.67 bits per heavy atom. The molecule has 0 aliphatic heterocycles. The van der Waals surface area contributed by atoms with Crippen molar-refractivity contribution in [2.24, 2.45) is 0 Å². The number of benzene rings is 1. The first-order valence-corrected chi connectivity index (χ1v) is 8.30. The maximum atomic E-state index is 12.0. The maximum Gasteiger partial charge on any atom is 0.244 e. The molecule has 0 radical (unpaired) electrons. The number of hydrogen-bond donors (Lipinski definition) is 1. The zero-order valence-corrected chi connectivity index (χ0v) is 14.0. The van der Waals surface area contributed by atoms with Gasteiger partial charge in [-0.15, -0.1) is 0 Å². The Hall–Kier alpha value is -1.29. The second-order valence-electron chi connectivity index (χ2n) is 5.42. The molecule has 3 nitrogen and oxygen atoms in total. The van der Waals surface area contributed by atoms with Gasteiger partial charge in [0.25, 0.3) is 0 Å². The molecule has 2 rings (SSSR count). The summed E-state index contributed by atoms with van der Waals surface area (Å²) in [5, 5.41) is 3.10. The fraction of sp³-hybridized carbons (Fsp3) is 0.471. The van der Waals surface area contributed by atoms with E-state index in [0.29, 0.717) is 6.04 Å². The Balaban J connectivity index is 1.96. The molecule has 1 aromatic rings. The van der Waals surface area contributed by atoms with Gasteiger partial charge in [-0.2, -0.15) is 0 Å². The lowest BCUT2D eigenvalue weighted by atomic mass is 10.1. The molecule has 1 fully saturated rings. The Kier molecular flexibility index (Phi) is 6.30. The Morgan fingerprint density at radius 2 is 2.00 bits per heavy atom. The molecule has 1 saturated carbocycles. The van der Waals surface area contributed by atoms with Crippen LogP contribution in [0, 0.1) is 0 Å². The van der Waals surface area contributed by atoms with Crippen molar-refractivity contribution in [1.29, 1.82) is 0 Å². The number of rotatable bonds is 4. The molecule has 1 aromatic carbocycles. The molecule has 0 unspecified atom stereocenters. The van der Waals surface area contributed by atoms with Crippen LogP contribution in [0.4, 0.5) is 0 Å². The highest BCUT2D eigenvalue weighted by Crippen LogP contribution is 2.24. The second kappa shape index (κ2) is 8.23. The van der Waals surface area contributed by atoms with Crippen LogP contribution >= 0.6 is 15.9 Å². The van der Waals surface area contributed by atoms with E-state index in [4.69, 9.17) is 4.74 Å². The molecular weight excluding hydrogens is 330 g/mol. The topological polar surface area (TPSA) is 38.3 Å². The van der Waals surface area contributed by atoms with Gasteiger partial charge >= 0.3 is 0 Å². The summed E-state index contributed by atoms with van der Waals surface area (Å²) in [5.41, 5.74) is 0.892. The van der Waals surface area contributed by atoms with Gasteiger partial charge in [0.2, 0.25) is 5.91 Å². The minimum Gasteiger partial charge on any atom is -0.496 e. The van der Waals surface area contributed by atoms with Crippen LogP contribution in [0.2, 0.25) is 0 Å². The molecule has 21 heavy (non-hydrogen) atoms.